The zero-order chi connectivity index (χ0) is 26.2. The number of para-hydroxylation sites is 1. The molecular weight excluding hydrogens is 472 g/mol. The molecule has 1 atom stereocenters. The predicted molar refractivity (Wildman–Crippen MR) is 167 cm³/mol. The SMILES string of the molecule is CC1CC=CC=C1n1c2ccccc2c2cc(-c3ccc(Nc4ccc(-c5ccccc5)cc4)cc3)ccc21. The fourth-order valence-electron chi connectivity index (χ4n) is 5.75. The highest BCUT2D eigenvalue weighted by Crippen LogP contribution is 2.38. The van der Waals surface area contributed by atoms with Crippen molar-refractivity contribution in [1.29, 1.82) is 0 Å². The number of benzene rings is 5. The Bertz CT molecular complexity index is 1840. The monoisotopic (exact) mass is 502 g/mol. The highest BCUT2D eigenvalue weighted by atomic mass is 15.0. The van der Waals surface area contributed by atoms with Gasteiger partial charge in [-0.3, -0.25) is 0 Å². The molecule has 1 aliphatic rings. The normalized spacial score (nSPS) is 15.0. The lowest BCUT2D eigenvalue weighted by atomic mass is 9.98. The minimum absolute atomic E-state index is 0.489. The lowest BCUT2D eigenvalue weighted by molar-refractivity contribution is 0.725. The first kappa shape index (κ1) is 23.3. The lowest BCUT2D eigenvalue weighted by Gasteiger charge is -2.20. The molecule has 7 rings (SSSR count). The molecular formula is C37H30N2. The van der Waals surface area contributed by atoms with Gasteiger partial charge in [0.05, 0.1) is 11.0 Å². The maximum Gasteiger partial charge on any atom is 0.0538 e. The number of fused-ring (bicyclic) bond motifs is 3. The van der Waals surface area contributed by atoms with Gasteiger partial charge in [-0.05, 0) is 77.2 Å². The fourth-order valence-corrected chi connectivity index (χ4v) is 5.75. The first-order valence-corrected chi connectivity index (χ1v) is 13.7. The average molecular weight is 503 g/mol. The van der Waals surface area contributed by atoms with Crippen molar-refractivity contribution in [3.63, 3.8) is 0 Å². The predicted octanol–water partition coefficient (Wildman–Crippen LogP) is 10.3. The van der Waals surface area contributed by atoms with E-state index in [-0.39, 0.29) is 0 Å². The van der Waals surface area contributed by atoms with E-state index in [9.17, 15) is 0 Å². The van der Waals surface area contributed by atoms with Crippen LogP contribution in [0.25, 0.3) is 49.8 Å². The van der Waals surface area contributed by atoms with Gasteiger partial charge in [0.15, 0.2) is 0 Å². The molecule has 6 aromatic rings. The molecule has 0 bridgehead atoms. The minimum Gasteiger partial charge on any atom is -0.356 e. The Morgan fingerprint density at radius 2 is 1.18 bits per heavy atom. The van der Waals surface area contributed by atoms with Crippen molar-refractivity contribution in [2.75, 3.05) is 5.32 Å². The number of anilines is 2. The van der Waals surface area contributed by atoms with Crippen LogP contribution in [0.4, 0.5) is 11.4 Å². The summed E-state index contributed by atoms with van der Waals surface area (Å²) in [6.45, 7) is 2.32. The number of aromatic nitrogens is 1. The van der Waals surface area contributed by atoms with E-state index in [1.807, 2.05) is 6.07 Å². The highest BCUT2D eigenvalue weighted by molar-refractivity contribution is 6.11. The third-order valence-electron chi connectivity index (χ3n) is 7.83. The van der Waals surface area contributed by atoms with Crippen molar-refractivity contribution in [3.05, 3.63) is 140 Å². The second-order valence-electron chi connectivity index (χ2n) is 10.4. The van der Waals surface area contributed by atoms with Crippen LogP contribution in [0, 0.1) is 5.92 Å². The molecule has 0 radical (unpaired) electrons. The average Bonchev–Trinajstić information content (AvgIpc) is 3.32. The maximum absolute atomic E-state index is 3.54. The van der Waals surface area contributed by atoms with Crippen molar-refractivity contribution >= 4 is 38.9 Å². The topological polar surface area (TPSA) is 17.0 Å². The van der Waals surface area contributed by atoms with Crippen molar-refractivity contribution in [3.8, 4) is 22.3 Å². The number of nitrogens with one attached hydrogen (secondary N) is 1. The molecule has 0 fully saturated rings. The van der Waals surface area contributed by atoms with Crippen molar-refractivity contribution in [1.82, 2.24) is 4.57 Å². The molecule has 1 aromatic heterocycles. The fraction of sp³-hybridized carbons (Fsp3) is 0.0811. The molecule has 0 saturated carbocycles. The van der Waals surface area contributed by atoms with Gasteiger partial charge < -0.3 is 9.88 Å². The Morgan fingerprint density at radius 1 is 0.590 bits per heavy atom. The van der Waals surface area contributed by atoms with Crippen LogP contribution in [-0.2, 0) is 0 Å². The van der Waals surface area contributed by atoms with Crippen LogP contribution < -0.4 is 5.32 Å². The van der Waals surface area contributed by atoms with Gasteiger partial charge >= 0.3 is 0 Å². The van der Waals surface area contributed by atoms with Crippen LogP contribution in [0.1, 0.15) is 13.3 Å². The molecule has 1 N–H and O–H groups in total. The van der Waals surface area contributed by atoms with Gasteiger partial charge in [0.1, 0.15) is 0 Å². The van der Waals surface area contributed by atoms with Crippen LogP contribution in [-0.4, -0.2) is 4.57 Å². The maximum atomic E-state index is 3.54. The summed E-state index contributed by atoms with van der Waals surface area (Å²) in [6, 6.07) is 43.5. The van der Waals surface area contributed by atoms with Crippen molar-refractivity contribution in [2.45, 2.75) is 13.3 Å². The van der Waals surface area contributed by atoms with E-state index in [0.717, 1.165) is 17.8 Å². The van der Waals surface area contributed by atoms with E-state index in [4.69, 9.17) is 0 Å². The van der Waals surface area contributed by atoms with Gasteiger partial charge in [-0.1, -0.05) is 97.9 Å². The lowest BCUT2D eigenvalue weighted by Crippen LogP contribution is -2.07. The highest BCUT2D eigenvalue weighted by Gasteiger charge is 2.18. The molecule has 188 valence electrons. The number of hydrogen-bond donors (Lipinski definition) is 1. The molecule has 0 saturated heterocycles. The number of rotatable bonds is 5. The van der Waals surface area contributed by atoms with Gasteiger partial charge in [-0.2, -0.15) is 0 Å². The van der Waals surface area contributed by atoms with Crippen LogP contribution in [0.3, 0.4) is 0 Å². The van der Waals surface area contributed by atoms with E-state index in [0.29, 0.717) is 5.92 Å². The van der Waals surface area contributed by atoms with E-state index >= 15 is 0 Å². The summed E-state index contributed by atoms with van der Waals surface area (Å²) in [5, 5.41) is 6.14. The largest absolute Gasteiger partial charge is 0.356 e. The Kier molecular flexibility index (Phi) is 5.86. The molecule has 0 aliphatic heterocycles. The van der Waals surface area contributed by atoms with Crippen LogP contribution >= 0.6 is 0 Å². The van der Waals surface area contributed by atoms with E-state index in [1.165, 1.54) is 49.8 Å². The first-order valence-electron chi connectivity index (χ1n) is 13.7. The molecule has 2 heteroatoms. The Balaban J connectivity index is 1.18. The summed E-state index contributed by atoms with van der Waals surface area (Å²) >= 11 is 0. The van der Waals surface area contributed by atoms with E-state index < -0.39 is 0 Å². The van der Waals surface area contributed by atoms with Crippen LogP contribution in [0.5, 0.6) is 0 Å². The zero-order valence-corrected chi connectivity index (χ0v) is 22.0. The van der Waals surface area contributed by atoms with E-state index in [1.54, 1.807) is 0 Å². The van der Waals surface area contributed by atoms with Crippen LogP contribution in [0.15, 0.2) is 140 Å². The smallest absolute Gasteiger partial charge is 0.0538 e. The summed E-state index contributed by atoms with van der Waals surface area (Å²) in [5.41, 5.74) is 11.0. The summed E-state index contributed by atoms with van der Waals surface area (Å²) in [5.74, 6) is 0.489. The molecule has 5 aromatic carbocycles. The summed E-state index contributed by atoms with van der Waals surface area (Å²) in [7, 11) is 0. The molecule has 0 spiro atoms. The molecule has 39 heavy (non-hydrogen) atoms. The number of hydrogen-bond acceptors (Lipinski definition) is 1. The van der Waals surface area contributed by atoms with Crippen molar-refractivity contribution in [2.24, 2.45) is 5.92 Å². The molecule has 0 amide bonds. The quantitative estimate of drug-likeness (QED) is 0.248. The number of allylic oxidation sites excluding steroid dienone is 4. The third kappa shape index (κ3) is 4.34. The second kappa shape index (κ2) is 9.81. The summed E-state index contributed by atoms with van der Waals surface area (Å²) < 4.78 is 2.46. The minimum atomic E-state index is 0.489. The molecule has 2 nitrogen and oxygen atoms in total. The van der Waals surface area contributed by atoms with Gasteiger partial charge in [-0.15, -0.1) is 0 Å². The Morgan fingerprint density at radius 3 is 1.90 bits per heavy atom. The van der Waals surface area contributed by atoms with Gasteiger partial charge in [0.2, 0.25) is 0 Å². The van der Waals surface area contributed by atoms with Crippen LogP contribution in [0.2, 0.25) is 0 Å². The van der Waals surface area contributed by atoms with Crippen molar-refractivity contribution < 1.29 is 0 Å². The van der Waals surface area contributed by atoms with Gasteiger partial charge in [0, 0.05) is 33.8 Å². The second-order valence-corrected chi connectivity index (χ2v) is 10.4. The van der Waals surface area contributed by atoms with Gasteiger partial charge in [-0.25, -0.2) is 0 Å². The van der Waals surface area contributed by atoms with E-state index in [2.05, 4.69) is 150 Å². The summed E-state index contributed by atoms with van der Waals surface area (Å²) in [6.07, 6.45) is 7.81. The Labute approximate surface area is 229 Å². The number of nitrogens with zero attached hydrogens (tertiary/aromatic N) is 1. The Hall–Kier alpha value is -4.82. The molecule has 1 unspecified atom stereocenters. The molecule has 1 aliphatic carbocycles. The third-order valence-corrected chi connectivity index (χ3v) is 7.83. The zero-order valence-electron chi connectivity index (χ0n) is 22.0. The van der Waals surface area contributed by atoms with Gasteiger partial charge in [0.25, 0.3) is 0 Å². The first-order chi connectivity index (χ1) is 19.2. The summed E-state index contributed by atoms with van der Waals surface area (Å²) in [4.78, 5) is 0. The standard InChI is InChI=1S/C37H30N2/c1-26-9-5-7-13-35(26)39-36-14-8-6-12-33(36)34-25-30(19-24-37(34)39)29-17-22-32(23-18-29)38-31-20-15-28(16-21-31)27-10-3-2-4-11-27/h2-8,10-26,38H,9H2,1H3. The molecule has 1 heterocycles.